The summed E-state index contributed by atoms with van der Waals surface area (Å²) in [6.45, 7) is 2.20. The molecular formula is C9H22GeO. The molecule has 1 nitrogen and oxygen atoms in total. The van der Waals surface area contributed by atoms with Crippen LogP contribution in [0.5, 0.6) is 0 Å². The summed E-state index contributed by atoms with van der Waals surface area (Å²) in [4.78, 5) is 0.0570. The molecule has 0 rings (SSSR count). The summed E-state index contributed by atoms with van der Waals surface area (Å²) >= 11 is -1.72. The molecule has 0 fully saturated rings. The van der Waals surface area contributed by atoms with Gasteiger partial charge in [-0.05, 0) is 0 Å². The number of hydrogen-bond acceptors (Lipinski definition) is 1. The van der Waals surface area contributed by atoms with E-state index in [1.54, 1.807) is 0 Å². The van der Waals surface area contributed by atoms with E-state index in [1.807, 2.05) is 0 Å². The third-order valence-electron chi connectivity index (χ3n) is 2.08. The molecule has 0 heterocycles. The zero-order chi connectivity index (χ0) is 8.91. The molecule has 68 valence electrons. The van der Waals surface area contributed by atoms with Gasteiger partial charge < -0.3 is 0 Å². The summed E-state index contributed by atoms with van der Waals surface area (Å²) < 4.78 is 0. The van der Waals surface area contributed by atoms with Gasteiger partial charge in [0.25, 0.3) is 0 Å². The molecule has 0 bridgehead atoms. The van der Waals surface area contributed by atoms with Crippen LogP contribution in [0.15, 0.2) is 0 Å². The first-order valence-electron chi connectivity index (χ1n) is 4.66. The molecule has 0 aliphatic carbocycles. The van der Waals surface area contributed by atoms with Crippen LogP contribution in [0.1, 0.15) is 32.6 Å². The molecule has 0 aromatic carbocycles. The van der Waals surface area contributed by atoms with E-state index in [-0.39, 0.29) is 4.94 Å². The van der Waals surface area contributed by atoms with E-state index in [1.165, 1.54) is 19.3 Å². The number of unbranched alkanes of at least 4 members (excludes halogenated alkanes) is 2. The van der Waals surface area contributed by atoms with Crippen molar-refractivity contribution < 1.29 is 5.11 Å². The quantitative estimate of drug-likeness (QED) is 0.556. The molecule has 0 saturated carbocycles. The van der Waals surface area contributed by atoms with E-state index in [0.717, 1.165) is 6.42 Å². The van der Waals surface area contributed by atoms with E-state index < -0.39 is 13.3 Å². The number of rotatable bonds is 5. The molecule has 0 spiro atoms. The second-order valence-corrected chi connectivity index (χ2v) is 15.7. The first-order chi connectivity index (χ1) is 4.98. The second-order valence-electron chi connectivity index (χ2n) is 4.38. The van der Waals surface area contributed by atoms with Gasteiger partial charge in [-0.15, -0.1) is 0 Å². The molecule has 0 amide bonds. The number of aliphatic hydroxyl groups is 1. The molecule has 0 aliphatic rings. The van der Waals surface area contributed by atoms with Crippen molar-refractivity contribution in [3.8, 4) is 0 Å². The SMILES string of the molecule is CCCCC[CH](O)[Ge]([CH3])([CH3])[CH3]. The topological polar surface area (TPSA) is 20.2 Å². The third kappa shape index (κ3) is 5.74. The van der Waals surface area contributed by atoms with Crippen molar-refractivity contribution in [2.75, 3.05) is 0 Å². The normalized spacial score (nSPS) is 15.0. The first-order valence-corrected chi connectivity index (χ1v) is 12.2. The maximum absolute atomic E-state index is 9.70. The minimum absolute atomic E-state index is 0.0570. The minimum atomic E-state index is -1.72. The predicted molar refractivity (Wildman–Crippen MR) is 53.5 cm³/mol. The van der Waals surface area contributed by atoms with Crippen molar-refractivity contribution in [1.29, 1.82) is 0 Å². The zero-order valence-corrected chi connectivity index (χ0v) is 10.5. The van der Waals surface area contributed by atoms with Gasteiger partial charge in [0.1, 0.15) is 0 Å². The van der Waals surface area contributed by atoms with Crippen LogP contribution in [0, 0.1) is 0 Å². The Morgan fingerprint density at radius 3 is 2.09 bits per heavy atom. The van der Waals surface area contributed by atoms with Crippen LogP contribution in [0.25, 0.3) is 0 Å². The summed E-state index contributed by atoms with van der Waals surface area (Å²) in [5, 5.41) is 9.70. The first kappa shape index (κ1) is 11.5. The molecule has 1 unspecified atom stereocenters. The molecule has 2 heteroatoms. The second kappa shape index (κ2) is 5.20. The molecule has 1 atom stereocenters. The number of hydrogen-bond donors (Lipinski definition) is 1. The zero-order valence-electron chi connectivity index (χ0n) is 8.35. The average molecular weight is 219 g/mol. The summed E-state index contributed by atoms with van der Waals surface area (Å²) in [6, 6.07) is 0. The Morgan fingerprint density at radius 1 is 1.18 bits per heavy atom. The Kier molecular flexibility index (Phi) is 5.44. The molecule has 0 saturated heterocycles. The number of aliphatic hydroxyl groups excluding tert-OH is 1. The maximum atomic E-state index is 9.70. The van der Waals surface area contributed by atoms with E-state index in [0.29, 0.717) is 0 Å². The van der Waals surface area contributed by atoms with Crippen molar-refractivity contribution in [2.24, 2.45) is 0 Å². The summed E-state index contributed by atoms with van der Waals surface area (Å²) in [5.74, 6) is 6.82. The summed E-state index contributed by atoms with van der Waals surface area (Å²) in [5.41, 5.74) is 0. The fourth-order valence-corrected chi connectivity index (χ4v) is 3.27. The van der Waals surface area contributed by atoms with Crippen molar-refractivity contribution in [3.63, 3.8) is 0 Å². The van der Waals surface area contributed by atoms with Gasteiger partial charge in [0.05, 0.1) is 0 Å². The Hall–Kier alpha value is 0.503. The van der Waals surface area contributed by atoms with Crippen LogP contribution in [0.4, 0.5) is 0 Å². The van der Waals surface area contributed by atoms with Crippen molar-refractivity contribution in [1.82, 2.24) is 0 Å². The third-order valence-corrected chi connectivity index (χ3v) is 6.88. The van der Waals surface area contributed by atoms with Gasteiger partial charge in [0.15, 0.2) is 0 Å². The van der Waals surface area contributed by atoms with Crippen LogP contribution in [-0.2, 0) is 0 Å². The fourth-order valence-electron chi connectivity index (χ4n) is 1.02. The molecular weight excluding hydrogens is 197 g/mol. The van der Waals surface area contributed by atoms with Gasteiger partial charge in [0, 0.05) is 0 Å². The van der Waals surface area contributed by atoms with Crippen LogP contribution in [0.2, 0.25) is 17.3 Å². The molecule has 0 aliphatic heterocycles. The van der Waals surface area contributed by atoms with Crippen molar-refractivity contribution in [3.05, 3.63) is 0 Å². The molecule has 0 aromatic heterocycles. The van der Waals surface area contributed by atoms with Crippen LogP contribution >= 0.6 is 0 Å². The van der Waals surface area contributed by atoms with E-state index in [4.69, 9.17) is 0 Å². The Labute approximate surface area is 73.6 Å². The van der Waals surface area contributed by atoms with Gasteiger partial charge in [0.2, 0.25) is 0 Å². The van der Waals surface area contributed by atoms with Crippen molar-refractivity contribution in [2.45, 2.75) is 54.8 Å². The van der Waals surface area contributed by atoms with Crippen LogP contribution < -0.4 is 0 Å². The standard InChI is InChI=1S/C9H22GeO/c1-5-6-7-8-9(11)10(2,3)4/h9,11H,5-8H2,1-4H3. The van der Waals surface area contributed by atoms with Gasteiger partial charge >= 0.3 is 73.2 Å². The van der Waals surface area contributed by atoms with Gasteiger partial charge in [-0.3, -0.25) is 0 Å². The van der Waals surface area contributed by atoms with E-state index in [9.17, 15) is 5.11 Å². The summed E-state index contributed by atoms with van der Waals surface area (Å²) in [7, 11) is 0. The van der Waals surface area contributed by atoms with E-state index >= 15 is 0 Å². The summed E-state index contributed by atoms with van der Waals surface area (Å²) in [6.07, 6.45) is 4.77. The molecule has 0 aromatic rings. The monoisotopic (exact) mass is 220 g/mol. The van der Waals surface area contributed by atoms with Gasteiger partial charge in [-0.1, -0.05) is 0 Å². The Balaban J connectivity index is 3.44. The van der Waals surface area contributed by atoms with Gasteiger partial charge in [-0.25, -0.2) is 0 Å². The molecule has 1 N–H and O–H groups in total. The van der Waals surface area contributed by atoms with Crippen molar-refractivity contribution >= 4 is 13.3 Å². The Bertz CT molecular complexity index is 96.2. The molecule has 0 radical (unpaired) electrons. The predicted octanol–water partition coefficient (Wildman–Crippen LogP) is 2.81. The fraction of sp³-hybridized carbons (Fsp3) is 1.00. The van der Waals surface area contributed by atoms with Crippen LogP contribution in [-0.4, -0.2) is 23.3 Å². The Morgan fingerprint density at radius 2 is 1.73 bits per heavy atom. The van der Waals surface area contributed by atoms with Crippen LogP contribution in [0.3, 0.4) is 0 Å². The van der Waals surface area contributed by atoms with E-state index in [2.05, 4.69) is 24.2 Å². The molecule has 11 heavy (non-hydrogen) atoms. The average Bonchev–Trinajstić information content (AvgIpc) is 1.86. The van der Waals surface area contributed by atoms with Gasteiger partial charge in [-0.2, -0.15) is 0 Å².